The molecule has 0 N–H and O–H groups in total. The molecule has 0 spiro atoms. The molecule has 0 aliphatic carbocycles. The second-order valence-corrected chi connectivity index (χ2v) is 6.97. The molecule has 0 aromatic heterocycles. The second kappa shape index (κ2) is 8.97. The summed E-state index contributed by atoms with van der Waals surface area (Å²) in [5.41, 5.74) is 3.67. The number of carbonyl (C=O) groups excluding carboxylic acids is 1. The van der Waals surface area contributed by atoms with Crippen molar-refractivity contribution in [1.29, 1.82) is 0 Å². The number of ether oxygens (including phenoxy) is 2. The van der Waals surface area contributed by atoms with E-state index >= 15 is 0 Å². The third kappa shape index (κ3) is 4.51. The van der Waals surface area contributed by atoms with Crippen LogP contribution in [-0.2, 0) is 4.79 Å². The van der Waals surface area contributed by atoms with Gasteiger partial charge in [0.2, 0.25) is 0 Å². The Morgan fingerprint density at radius 1 is 1.21 bits per heavy atom. The fourth-order valence-electron chi connectivity index (χ4n) is 3.00. The zero-order valence-electron chi connectivity index (χ0n) is 16.7. The number of rotatable bonds is 7. The zero-order chi connectivity index (χ0) is 21.0. The highest BCUT2D eigenvalue weighted by atomic mass is 35.5. The van der Waals surface area contributed by atoms with E-state index in [-0.39, 0.29) is 5.91 Å². The van der Waals surface area contributed by atoms with Gasteiger partial charge in [-0.2, -0.15) is 10.1 Å². The van der Waals surface area contributed by atoms with Gasteiger partial charge in [0, 0.05) is 0 Å². The number of halogens is 1. The maximum atomic E-state index is 13.0. The van der Waals surface area contributed by atoms with Gasteiger partial charge in [-0.1, -0.05) is 36.4 Å². The molecule has 1 aliphatic rings. The van der Waals surface area contributed by atoms with E-state index in [0.717, 1.165) is 16.8 Å². The van der Waals surface area contributed by atoms with Gasteiger partial charge in [-0.05, 0) is 62.2 Å². The predicted octanol–water partition coefficient (Wildman–Crippen LogP) is 5.42. The quantitative estimate of drug-likeness (QED) is 0.452. The molecule has 0 atom stereocenters. The Labute approximate surface area is 175 Å². The first-order valence-corrected chi connectivity index (χ1v) is 9.70. The van der Waals surface area contributed by atoms with Crippen molar-refractivity contribution >= 4 is 35.0 Å². The molecular formula is C23H23ClN2O3. The van der Waals surface area contributed by atoms with Gasteiger partial charge in [0.1, 0.15) is 6.61 Å². The molecule has 0 saturated carbocycles. The summed E-state index contributed by atoms with van der Waals surface area (Å²) in [4.78, 5) is 13.0. The number of amides is 1. The Bertz CT molecular complexity index is 1010. The molecule has 1 heterocycles. The third-order valence-corrected chi connectivity index (χ3v) is 4.58. The van der Waals surface area contributed by atoms with Crippen LogP contribution in [0.3, 0.4) is 0 Å². The minimum Gasteiger partial charge on any atom is -0.490 e. The Hall–Kier alpha value is -3.05. The number of aryl methyl sites for hydroxylation is 1. The fourth-order valence-corrected chi connectivity index (χ4v) is 3.28. The summed E-state index contributed by atoms with van der Waals surface area (Å²) < 4.78 is 11.3. The highest BCUT2D eigenvalue weighted by Crippen LogP contribution is 2.38. The summed E-state index contributed by atoms with van der Waals surface area (Å²) in [6, 6.07) is 11.2. The normalized spacial score (nSPS) is 14.9. The van der Waals surface area contributed by atoms with Crippen LogP contribution in [0.1, 0.15) is 25.0 Å². The second-order valence-electron chi connectivity index (χ2n) is 6.56. The van der Waals surface area contributed by atoms with Crippen molar-refractivity contribution in [2.45, 2.75) is 20.8 Å². The van der Waals surface area contributed by atoms with Gasteiger partial charge in [-0.3, -0.25) is 4.79 Å². The lowest BCUT2D eigenvalue weighted by molar-refractivity contribution is -0.114. The lowest BCUT2D eigenvalue weighted by Crippen LogP contribution is -2.21. The smallest absolute Gasteiger partial charge is 0.280 e. The number of hydrazone groups is 1. The number of nitrogens with zero attached hydrogens (tertiary/aromatic N) is 2. The van der Waals surface area contributed by atoms with Gasteiger partial charge in [-0.25, -0.2) is 0 Å². The van der Waals surface area contributed by atoms with Crippen LogP contribution in [0.15, 0.2) is 59.7 Å². The summed E-state index contributed by atoms with van der Waals surface area (Å²) in [5.74, 6) is 0.790. The Morgan fingerprint density at radius 2 is 2.00 bits per heavy atom. The molecule has 29 heavy (non-hydrogen) atoms. The maximum Gasteiger partial charge on any atom is 0.280 e. The molecule has 0 radical (unpaired) electrons. The van der Waals surface area contributed by atoms with Gasteiger partial charge in [0.25, 0.3) is 5.91 Å². The monoisotopic (exact) mass is 410 g/mol. The summed E-state index contributed by atoms with van der Waals surface area (Å²) in [6.07, 6.45) is 3.40. The third-order valence-electron chi connectivity index (χ3n) is 4.30. The first kappa shape index (κ1) is 20.7. The lowest BCUT2D eigenvalue weighted by Gasteiger charge is -2.14. The van der Waals surface area contributed by atoms with Crippen LogP contribution in [0, 0.1) is 6.92 Å². The molecule has 2 aromatic rings. The Morgan fingerprint density at radius 3 is 2.69 bits per heavy atom. The summed E-state index contributed by atoms with van der Waals surface area (Å²) in [6.45, 7) is 10.1. The van der Waals surface area contributed by atoms with Crippen LogP contribution in [0.2, 0.25) is 5.02 Å². The largest absolute Gasteiger partial charge is 0.490 e. The standard InChI is InChI=1S/C23H23ClN2O3/c1-5-10-29-22-20(24)13-17(14-21(22)28-6-2)12-19-16(4)25-26(23(19)27)18-9-7-8-15(3)11-18/h5,7-9,11-14H,1,6,10H2,2-4H3/b19-12+. The summed E-state index contributed by atoms with van der Waals surface area (Å²) >= 11 is 6.41. The van der Waals surface area contributed by atoms with E-state index in [1.165, 1.54) is 5.01 Å². The highest BCUT2D eigenvalue weighted by molar-refractivity contribution is 6.33. The topological polar surface area (TPSA) is 51.1 Å². The van der Waals surface area contributed by atoms with Gasteiger partial charge in [0.15, 0.2) is 11.5 Å². The van der Waals surface area contributed by atoms with Gasteiger partial charge in [-0.15, -0.1) is 0 Å². The molecule has 0 bridgehead atoms. The number of carbonyl (C=O) groups is 1. The van der Waals surface area contributed by atoms with Crippen molar-refractivity contribution in [1.82, 2.24) is 0 Å². The van der Waals surface area contributed by atoms with Crippen molar-refractivity contribution in [3.63, 3.8) is 0 Å². The van der Waals surface area contributed by atoms with E-state index in [1.54, 1.807) is 24.3 Å². The minimum absolute atomic E-state index is 0.186. The van der Waals surface area contributed by atoms with Crippen LogP contribution in [0.4, 0.5) is 5.69 Å². The number of hydrogen-bond acceptors (Lipinski definition) is 4. The van der Waals surface area contributed by atoms with Crippen LogP contribution in [0.5, 0.6) is 11.5 Å². The van der Waals surface area contributed by atoms with Crippen molar-refractivity contribution < 1.29 is 14.3 Å². The Kier molecular flexibility index (Phi) is 6.39. The molecule has 3 rings (SSSR count). The average Bonchev–Trinajstić information content (AvgIpc) is 2.96. The van der Waals surface area contributed by atoms with Crippen LogP contribution >= 0.6 is 11.6 Å². The number of anilines is 1. The molecular weight excluding hydrogens is 388 g/mol. The molecule has 0 saturated heterocycles. The molecule has 2 aromatic carbocycles. The van der Waals surface area contributed by atoms with Crippen LogP contribution < -0.4 is 14.5 Å². The van der Waals surface area contributed by atoms with Crippen LogP contribution in [0.25, 0.3) is 6.08 Å². The first-order chi connectivity index (χ1) is 13.9. The fraction of sp³-hybridized carbons (Fsp3) is 0.217. The molecule has 0 fully saturated rings. The predicted molar refractivity (Wildman–Crippen MR) is 118 cm³/mol. The molecule has 0 unspecified atom stereocenters. The Balaban J connectivity index is 1.96. The van der Waals surface area contributed by atoms with E-state index in [1.807, 2.05) is 45.0 Å². The van der Waals surface area contributed by atoms with Crippen molar-refractivity contribution in [3.8, 4) is 11.5 Å². The van der Waals surface area contributed by atoms with Gasteiger partial charge in [0.05, 0.1) is 28.6 Å². The summed E-state index contributed by atoms with van der Waals surface area (Å²) in [5, 5.41) is 6.25. The SMILES string of the molecule is C=CCOc1c(Cl)cc(/C=C2/C(=O)N(c3cccc(C)c3)N=C2C)cc1OCC. The summed E-state index contributed by atoms with van der Waals surface area (Å²) in [7, 11) is 0. The molecule has 1 aliphatic heterocycles. The molecule has 1 amide bonds. The van der Waals surface area contributed by atoms with Gasteiger partial charge < -0.3 is 9.47 Å². The van der Waals surface area contributed by atoms with Crippen molar-refractivity contribution in [3.05, 3.63) is 70.8 Å². The van der Waals surface area contributed by atoms with Crippen LogP contribution in [-0.4, -0.2) is 24.8 Å². The molecule has 6 heteroatoms. The zero-order valence-corrected chi connectivity index (χ0v) is 17.5. The average molecular weight is 411 g/mol. The number of hydrogen-bond donors (Lipinski definition) is 0. The lowest BCUT2D eigenvalue weighted by atomic mass is 10.1. The van der Waals surface area contributed by atoms with E-state index in [2.05, 4.69) is 11.7 Å². The first-order valence-electron chi connectivity index (χ1n) is 9.33. The van der Waals surface area contributed by atoms with E-state index in [9.17, 15) is 4.79 Å². The van der Waals surface area contributed by atoms with E-state index < -0.39 is 0 Å². The van der Waals surface area contributed by atoms with Crippen molar-refractivity contribution in [2.24, 2.45) is 5.10 Å². The highest BCUT2D eigenvalue weighted by Gasteiger charge is 2.29. The maximum absolute atomic E-state index is 13.0. The van der Waals surface area contributed by atoms with E-state index in [4.69, 9.17) is 21.1 Å². The van der Waals surface area contributed by atoms with Gasteiger partial charge >= 0.3 is 0 Å². The number of benzene rings is 2. The molecule has 150 valence electrons. The minimum atomic E-state index is -0.186. The molecule has 5 nitrogen and oxygen atoms in total. The van der Waals surface area contributed by atoms with Crippen molar-refractivity contribution in [2.75, 3.05) is 18.2 Å². The van der Waals surface area contributed by atoms with E-state index in [0.29, 0.717) is 41.0 Å².